The molecule has 0 saturated heterocycles. The molecule has 26 heavy (non-hydrogen) atoms. The van der Waals surface area contributed by atoms with Gasteiger partial charge in [-0.25, -0.2) is 0 Å². The van der Waals surface area contributed by atoms with Gasteiger partial charge in [0, 0.05) is 10.0 Å². The maximum absolute atomic E-state index is 12.6. The minimum atomic E-state index is 0.0955. The molecule has 0 aliphatic heterocycles. The molecule has 138 valence electrons. The van der Waals surface area contributed by atoms with Crippen molar-refractivity contribution in [3.63, 3.8) is 0 Å². The van der Waals surface area contributed by atoms with Crippen LogP contribution in [-0.2, 0) is 17.8 Å². The van der Waals surface area contributed by atoms with E-state index in [0.29, 0.717) is 6.54 Å². The molecule has 0 fully saturated rings. The second-order valence-corrected chi connectivity index (χ2v) is 7.89. The highest BCUT2D eigenvalue weighted by Gasteiger charge is 2.22. The normalized spacial score (nSPS) is 17.3. The molecular formula is C21H26BrN2O2+. The monoisotopic (exact) mass is 417 g/mol. The Kier molecular flexibility index (Phi) is 6.33. The van der Waals surface area contributed by atoms with Gasteiger partial charge < -0.3 is 15.0 Å². The number of carbonyl (C=O) groups is 1. The van der Waals surface area contributed by atoms with Crippen LogP contribution >= 0.6 is 15.9 Å². The zero-order valence-corrected chi connectivity index (χ0v) is 16.9. The molecule has 2 N–H and O–H groups in total. The number of aryl methyl sites for hydroxylation is 1. The van der Waals surface area contributed by atoms with Crippen molar-refractivity contribution < 1.29 is 14.4 Å². The van der Waals surface area contributed by atoms with E-state index < -0.39 is 0 Å². The summed E-state index contributed by atoms with van der Waals surface area (Å²) in [5.41, 5.74) is 3.73. The van der Waals surface area contributed by atoms with Crippen LogP contribution in [0, 0.1) is 0 Å². The predicted molar refractivity (Wildman–Crippen MR) is 106 cm³/mol. The van der Waals surface area contributed by atoms with Crippen molar-refractivity contribution in [3.8, 4) is 5.75 Å². The molecule has 1 amide bonds. The fraction of sp³-hybridized carbons (Fsp3) is 0.381. The van der Waals surface area contributed by atoms with Crippen LogP contribution in [-0.4, -0.2) is 26.6 Å². The number of benzene rings is 2. The molecule has 2 atom stereocenters. The summed E-state index contributed by atoms with van der Waals surface area (Å²) in [6.07, 6.45) is 3.25. The molecule has 0 aromatic heterocycles. The average molecular weight is 418 g/mol. The van der Waals surface area contributed by atoms with E-state index >= 15 is 0 Å². The van der Waals surface area contributed by atoms with Crippen LogP contribution in [0.4, 0.5) is 0 Å². The number of methoxy groups -OCH3 is 1. The van der Waals surface area contributed by atoms with Crippen LogP contribution in [0.15, 0.2) is 46.9 Å². The lowest BCUT2D eigenvalue weighted by molar-refractivity contribution is -0.885. The molecule has 2 aromatic rings. The van der Waals surface area contributed by atoms with Crippen molar-refractivity contribution in [2.45, 2.75) is 31.8 Å². The Morgan fingerprint density at radius 1 is 1.31 bits per heavy atom. The van der Waals surface area contributed by atoms with Crippen molar-refractivity contribution in [3.05, 3.63) is 63.6 Å². The van der Waals surface area contributed by atoms with E-state index in [1.165, 1.54) is 11.1 Å². The van der Waals surface area contributed by atoms with E-state index in [4.69, 9.17) is 4.74 Å². The SMILES string of the molecule is COc1ccc(Br)cc1C[NH+](C)CC(=O)N[C@H]1CCCc2ccccc21. The predicted octanol–water partition coefficient (Wildman–Crippen LogP) is 2.67. The molecular weight excluding hydrogens is 392 g/mol. The van der Waals surface area contributed by atoms with Gasteiger partial charge in [-0.15, -0.1) is 0 Å². The smallest absolute Gasteiger partial charge is 0.275 e. The van der Waals surface area contributed by atoms with E-state index in [1.807, 2.05) is 19.2 Å². The van der Waals surface area contributed by atoms with Gasteiger partial charge in [0.1, 0.15) is 12.3 Å². The fourth-order valence-corrected chi connectivity index (χ4v) is 4.10. The third-order valence-electron chi connectivity index (χ3n) is 4.90. The molecule has 0 bridgehead atoms. The number of likely N-dealkylation sites (N-methyl/N-ethyl adjacent to an activating group) is 1. The summed E-state index contributed by atoms with van der Waals surface area (Å²) < 4.78 is 6.45. The number of fused-ring (bicyclic) bond motifs is 1. The zero-order chi connectivity index (χ0) is 18.5. The second-order valence-electron chi connectivity index (χ2n) is 6.98. The van der Waals surface area contributed by atoms with Gasteiger partial charge in [0.05, 0.1) is 20.2 Å². The first kappa shape index (κ1) is 18.9. The molecule has 1 aliphatic rings. The minimum absolute atomic E-state index is 0.0955. The fourth-order valence-electron chi connectivity index (χ4n) is 3.70. The number of carbonyl (C=O) groups excluding carboxylic acids is 1. The second kappa shape index (κ2) is 8.69. The summed E-state index contributed by atoms with van der Waals surface area (Å²) in [7, 11) is 3.71. The highest BCUT2D eigenvalue weighted by atomic mass is 79.9. The maximum Gasteiger partial charge on any atom is 0.275 e. The third-order valence-corrected chi connectivity index (χ3v) is 5.39. The minimum Gasteiger partial charge on any atom is -0.496 e. The van der Waals surface area contributed by atoms with E-state index in [-0.39, 0.29) is 11.9 Å². The van der Waals surface area contributed by atoms with E-state index in [2.05, 4.69) is 51.6 Å². The van der Waals surface area contributed by atoms with Crippen molar-refractivity contribution in [2.75, 3.05) is 20.7 Å². The molecule has 2 aromatic carbocycles. The highest BCUT2D eigenvalue weighted by molar-refractivity contribution is 9.10. The quantitative estimate of drug-likeness (QED) is 0.758. The standard InChI is InChI=1S/C21H25BrN2O2/c1-24(13-16-12-17(22)10-11-20(16)26-2)14-21(25)23-19-9-5-7-15-6-3-4-8-18(15)19/h3-4,6,8,10-12,19H,5,7,9,13-14H2,1-2H3,(H,23,25)/p+1/t19-/m0/s1. The largest absolute Gasteiger partial charge is 0.496 e. The summed E-state index contributed by atoms with van der Waals surface area (Å²) in [4.78, 5) is 13.7. The van der Waals surface area contributed by atoms with Gasteiger partial charge in [0.15, 0.2) is 6.54 Å². The van der Waals surface area contributed by atoms with Gasteiger partial charge >= 0.3 is 0 Å². The number of hydrogen-bond donors (Lipinski definition) is 2. The van der Waals surface area contributed by atoms with Crippen LogP contribution in [0.25, 0.3) is 0 Å². The number of rotatable bonds is 6. The lowest BCUT2D eigenvalue weighted by Gasteiger charge is -2.26. The van der Waals surface area contributed by atoms with Crippen LogP contribution < -0.4 is 15.0 Å². The van der Waals surface area contributed by atoms with Gasteiger partial charge in [-0.2, -0.15) is 0 Å². The molecule has 0 spiro atoms. The first-order valence-corrected chi connectivity index (χ1v) is 9.87. The summed E-state index contributed by atoms with van der Waals surface area (Å²) in [5, 5.41) is 3.23. The van der Waals surface area contributed by atoms with Crippen LogP contribution in [0.1, 0.15) is 35.6 Å². The van der Waals surface area contributed by atoms with Crippen molar-refractivity contribution in [2.24, 2.45) is 0 Å². The Morgan fingerprint density at radius 3 is 2.92 bits per heavy atom. The first-order valence-electron chi connectivity index (χ1n) is 9.07. The lowest BCUT2D eigenvalue weighted by atomic mass is 9.88. The van der Waals surface area contributed by atoms with Crippen molar-refractivity contribution >= 4 is 21.8 Å². The Bertz CT molecular complexity index is 778. The summed E-state index contributed by atoms with van der Waals surface area (Å²) in [6, 6.07) is 14.5. The summed E-state index contributed by atoms with van der Waals surface area (Å²) in [6.45, 7) is 1.17. The Labute approximate surface area is 163 Å². The van der Waals surface area contributed by atoms with E-state index in [0.717, 1.165) is 46.5 Å². The number of amides is 1. The van der Waals surface area contributed by atoms with E-state index in [9.17, 15) is 4.79 Å². The Hall–Kier alpha value is -1.85. The van der Waals surface area contributed by atoms with Crippen LogP contribution in [0.5, 0.6) is 5.75 Å². The van der Waals surface area contributed by atoms with Gasteiger partial charge in [0.2, 0.25) is 0 Å². The number of ether oxygens (including phenoxy) is 1. The van der Waals surface area contributed by atoms with E-state index in [1.54, 1.807) is 7.11 Å². The molecule has 0 saturated carbocycles. The Balaban J connectivity index is 1.60. The average Bonchev–Trinajstić information content (AvgIpc) is 2.62. The van der Waals surface area contributed by atoms with Gasteiger partial charge in [-0.05, 0) is 48.6 Å². The highest BCUT2D eigenvalue weighted by Crippen LogP contribution is 2.29. The maximum atomic E-state index is 12.6. The molecule has 0 radical (unpaired) electrons. The molecule has 5 heteroatoms. The first-order chi connectivity index (χ1) is 12.6. The molecule has 1 unspecified atom stereocenters. The van der Waals surface area contributed by atoms with Gasteiger partial charge in [-0.1, -0.05) is 40.2 Å². The number of halogens is 1. The van der Waals surface area contributed by atoms with Crippen LogP contribution in [0.2, 0.25) is 0 Å². The van der Waals surface area contributed by atoms with Crippen molar-refractivity contribution in [1.82, 2.24) is 5.32 Å². The van der Waals surface area contributed by atoms with Crippen molar-refractivity contribution in [1.29, 1.82) is 0 Å². The molecule has 0 heterocycles. The lowest BCUT2D eigenvalue weighted by Crippen LogP contribution is -3.08. The van der Waals surface area contributed by atoms with Gasteiger partial charge in [-0.3, -0.25) is 4.79 Å². The number of quaternary nitrogens is 1. The zero-order valence-electron chi connectivity index (χ0n) is 15.3. The summed E-state index contributed by atoms with van der Waals surface area (Å²) in [5.74, 6) is 0.951. The third kappa shape index (κ3) is 4.65. The molecule has 4 nitrogen and oxygen atoms in total. The molecule has 3 rings (SSSR count). The number of hydrogen-bond acceptors (Lipinski definition) is 2. The van der Waals surface area contributed by atoms with Crippen LogP contribution in [0.3, 0.4) is 0 Å². The molecule has 1 aliphatic carbocycles. The number of nitrogens with one attached hydrogen (secondary N) is 2. The summed E-state index contributed by atoms with van der Waals surface area (Å²) >= 11 is 3.50. The Morgan fingerprint density at radius 2 is 2.12 bits per heavy atom. The van der Waals surface area contributed by atoms with Gasteiger partial charge in [0.25, 0.3) is 5.91 Å². The topological polar surface area (TPSA) is 42.8 Å².